The second-order valence-electron chi connectivity index (χ2n) is 6.47. The number of carbonyl (C=O) groups is 1. The largest absolute Gasteiger partial charge is 0.351 e. The molecule has 0 spiro atoms. The first-order chi connectivity index (χ1) is 8.92. The van der Waals surface area contributed by atoms with Gasteiger partial charge in [-0.2, -0.15) is 0 Å². The molecule has 4 unspecified atom stereocenters. The van der Waals surface area contributed by atoms with Gasteiger partial charge in [-0.1, -0.05) is 27.2 Å². The van der Waals surface area contributed by atoms with E-state index in [-0.39, 0.29) is 30.4 Å². The number of nitrogens with one attached hydrogen (secondary N) is 1. The van der Waals surface area contributed by atoms with Gasteiger partial charge >= 0.3 is 0 Å². The third-order valence-corrected chi connectivity index (χ3v) is 3.80. The average molecular weight is 306 g/mol. The monoisotopic (exact) mass is 305 g/mol. The zero-order valence-corrected chi connectivity index (χ0v) is 14.2. The molecule has 4 atom stereocenters. The Hall–Kier alpha value is -0.320. The van der Waals surface area contributed by atoms with Crippen LogP contribution in [0.2, 0.25) is 0 Å². The summed E-state index contributed by atoms with van der Waals surface area (Å²) in [6, 6.07) is -0.181. The maximum Gasteiger partial charge on any atom is 0.237 e. The van der Waals surface area contributed by atoms with Crippen molar-refractivity contribution in [3.8, 4) is 0 Å². The molecule has 1 aliphatic heterocycles. The zero-order valence-electron chi connectivity index (χ0n) is 13.4. The second-order valence-corrected chi connectivity index (χ2v) is 6.47. The highest BCUT2D eigenvalue weighted by Gasteiger charge is 2.23. The molecule has 0 radical (unpaired) electrons. The fourth-order valence-electron chi connectivity index (χ4n) is 3.17. The van der Waals surface area contributed by atoms with Crippen LogP contribution in [0.25, 0.3) is 0 Å². The minimum atomic E-state index is -0.355. The zero-order chi connectivity index (χ0) is 14.4. The van der Waals surface area contributed by atoms with Gasteiger partial charge in [-0.05, 0) is 31.6 Å². The molecule has 1 heterocycles. The van der Waals surface area contributed by atoms with E-state index in [0.717, 1.165) is 44.3 Å². The Morgan fingerprint density at radius 1 is 1.35 bits per heavy atom. The van der Waals surface area contributed by atoms with Gasteiger partial charge < -0.3 is 16.0 Å². The van der Waals surface area contributed by atoms with Crippen LogP contribution in [0.3, 0.4) is 0 Å². The van der Waals surface area contributed by atoms with Crippen LogP contribution in [0.4, 0.5) is 0 Å². The van der Waals surface area contributed by atoms with Gasteiger partial charge in [0.15, 0.2) is 0 Å². The van der Waals surface area contributed by atoms with Crippen LogP contribution in [0.1, 0.15) is 47.0 Å². The lowest BCUT2D eigenvalue weighted by Gasteiger charge is -2.36. The van der Waals surface area contributed by atoms with Gasteiger partial charge in [-0.15, -0.1) is 12.4 Å². The Balaban J connectivity index is 0.00000361. The number of rotatable bonds is 6. The smallest absolute Gasteiger partial charge is 0.237 e. The van der Waals surface area contributed by atoms with E-state index in [1.54, 1.807) is 0 Å². The molecule has 1 fully saturated rings. The molecule has 5 heteroatoms. The van der Waals surface area contributed by atoms with Crippen LogP contribution in [0, 0.1) is 11.8 Å². The van der Waals surface area contributed by atoms with Crippen LogP contribution < -0.4 is 11.1 Å². The number of nitrogens with two attached hydrogens (primary N) is 1. The van der Waals surface area contributed by atoms with Gasteiger partial charge in [0.05, 0.1) is 6.04 Å². The number of hydrogen-bond acceptors (Lipinski definition) is 3. The van der Waals surface area contributed by atoms with Gasteiger partial charge in [0, 0.05) is 25.7 Å². The van der Waals surface area contributed by atoms with Crippen molar-refractivity contribution in [3.63, 3.8) is 0 Å². The number of likely N-dealkylation sites (tertiary alicyclic amines) is 1. The van der Waals surface area contributed by atoms with Crippen molar-refractivity contribution in [2.75, 3.05) is 19.6 Å². The molecule has 0 aromatic carbocycles. The molecular formula is C15H32ClN3O. The summed E-state index contributed by atoms with van der Waals surface area (Å²) in [7, 11) is 0. The summed E-state index contributed by atoms with van der Waals surface area (Å²) in [5.74, 6) is 1.51. The first-order valence-electron chi connectivity index (χ1n) is 7.70. The summed E-state index contributed by atoms with van der Waals surface area (Å²) in [5, 5.41) is 3.04. The Bertz CT molecular complexity index is 278. The molecule has 1 saturated heterocycles. The predicted octanol–water partition coefficient (Wildman–Crippen LogP) is 2.02. The summed E-state index contributed by atoms with van der Waals surface area (Å²) in [4.78, 5) is 14.3. The predicted molar refractivity (Wildman–Crippen MR) is 87.1 cm³/mol. The number of nitrogens with zero attached hydrogens (tertiary/aromatic N) is 1. The third-order valence-electron chi connectivity index (χ3n) is 3.80. The first kappa shape index (κ1) is 19.7. The molecular weight excluding hydrogens is 274 g/mol. The molecule has 20 heavy (non-hydrogen) atoms. The SMILES string of the molecule is CCCC(N)C(=O)NC(C)CN1CC(C)CC(C)C1.Cl. The van der Waals surface area contributed by atoms with Crippen LogP contribution >= 0.6 is 12.4 Å². The molecule has 1 amide bonds. The quantitative estimate of drug-likeness (QED) is 0.789. The fraction of sp³-hybridized carbons (Fsp3) is 0.933. The Morgan fingerprint density at radius 2 is 1.90 bits per heavy atom. The van der Waals surface area contributed by atoms with E-state index in [9.17, 15) is 4.79 Å². The topological polar surface area (TPSA) is 58.4 Å². The van der Waals surface area contributed by atoms with E-state index in [0.29, 0.717) is 0 Å². The van der Waals surface area contributed by atoms with Gasteiger partial charge in [-0.3, -0.25) is 4.79 Å². The fourth-order valence-corrected chi connectivity index (χ4v) is 3.17. The molecule has 3 N–H and O–H groups in total. The summed E-state index contributed by atoms with van der Waals surface area (Å²) >= 11 is 0. The van der Waals surface area contributed by atoms with Crippen molar-refractivity contribution in [2.24, 2.45) is 17.6 Å². The van der Waals surface area contributed by atoms with Crippen molar-refractivity contribution in [2.45, 2.75) is 59.0 Å². The highest BCUT2D eigenvalue weighted by atomic mass is 35.5. The minimum absolute atomic E-state index is 0. The average Bonchev–Trinajstić information content (AvgIpc) is 2.27. The molecule has 0 saturated carbocycles. The van der Waals surface area contributed by atoms with E-state index < -0.39 is 0 Å². The third kappa shape index (κ3) is 6.91. The van der Waals surface area contributed by atoms with Crippen molar-refractivity contribution in [3.05, 3.63) is 0 Å². The lowest BCUT2D eigenvalue weighted by molar-refractivity contribution is -0.123. The highest BCUT2D eigenvalue weighted by molar-refractivity contribution is 5.85. The van der Waals surface area contributed by atoms with E-state index in [4.69, 9.17) is 5.73 Å². The van der Waals surface area contributed by atoms with E-state index in [1.807, 2.05) is 6.92 Å². The second kappa shape index (κ2) is 9.59. The normalized spacial score (nSPS) is 26.4. The summed E-state index contributed by atoms with van der Waals surface area (Å²) in [6.45, 7) is 12.0. The van der Waals surface area contributed by atoms with Crippen LogP contribution in [-0.2, 0) is 4.79 Å². The number of carbonyl (C=O) groups excluding carboxylic acids is 1. The molecule has 120 valence electrons. The van der Waals surface area contributed by atoms with Gasteiger partial charge in [0.2, 0.25) is 5.91 Å². The van der Waals surface area contributed by atoms with Crippen molar-refractivity contribution in [1.82, 2.24) is 10.2 Å². The molecule has 0 aliphatic carbocycles. The van der Waals surface area contributed by atoms with Gasteiger partial charge in [0.1, 0.15) is 0 Å². The Kier molecular flexibility index (Phi) is 9.43. The number of hydrogen-bond donors (Lipinski definition) is 2. The number of piperidine rings is 1. The van der Waals surface area contributed by atoms with Crippen LogP contribution in [0.5, 0.6) is 0 Å². The van der Waals surface area contributed by atoms with Crippen molar-refractivity contribution < 1.29 is 4.79 Å². The van der Waals surface area contributed by atoms with E-state index in [1.165, 1.54) is 6.42 Å². The summed E-state index contributed by atoms with van der Waals surface area (Å²) in [6.07, 6.45) is 3.03. The molecule has 0 aromatic rings. The lowest BCUT2D eigenvalue weighted by Crippen LogP contribution is -2.50. The number of amides is 1. The lowest BCUT2D eigenvalue weighted by atomic mass is 9.92. The number of halogens is 1. The van der Waals surface area contributed by atoms with Crippen LogP contribution in [0.15, 0.2) is 0 Å². The van der Waals surface area contributed by atoms with Crippen molar-refractivity contribution in [1.29, 1.82) is 0 Å². The van der Waals surface area contributed by atoms with Gasteiger partial charge in [0.25, 0.3) is 0 Å². The molecule has 0 bridgehead atoms. The van der Waals surface area contributed by atoms with Crippen molar-refractivity contribution >= 4 is 18.3 Å². The minimum Gasteiger partial charge on any atom is -0.351 e. The first-order valence-corrected chi connectivity index (χ1v) is 7.70. The summed E-state index contributed by atoms with van der Waals surface area (Å²) < 4.78 is 0. The van der Waals surface area contributed by atoms with Crippen LogP contribution in [-0.4, -0.2) is 42.5 Å². The summed E-state index contributed by atoms with van der Waals surface area (Å²) in [5.41, 5.74) is 5.83. The van der Waals surface area contributed by atoms with E-state index in [2.05, 4.69) is 31.0 Å². The standard InChI is InChI=1S/C15H31N3O.ClH/c1-5-6-14(16)15(19)17-13(4)10-18-8-11(2)7-12(3)9-18;/h11-14H,5-10,16H2,1-4H3,(H,17,19);1H. The Morgan fingerprint density at radius 3 is 2.40 bits per heavy atom. The van der Waals surface area contributed by atoms with E-state index >= 15 is 0 Å². The molecule has 0 aromatic heterocycles. The maximum absolute atomic E-state index is 11.9. The van der Waals surface area contributed by atoms with Gasteiger partial charge in [-0.25, -0.2) is 0 Å². The Labute approximate surface area is 130 Å². The molecule has 1 rings (SSSR count). The maximum atomic E-state index is 11.9. The highest BCUT2D eigenvalue weighted by Crippen LogP contribution is 2.20. The molecule has 1 aliphatic rings. The molecule has 4 nitrogen and oxygen atoms in total.